The van der Waals surface area contributed by atoms with Crippen molar-refractivity contribution in [3.8, 4) is 0 Å². The molecule has 4 nitrogen and oxygen atoms in total. The Balaban J connectivity index is 2.12. The predicted molar refractivity (Wildman–Crippen MR) is 81.0 cm³/mol. The van der Waals surface area contributed by atoms with Gasteiger partial charge >= 0.3 is 0 Å². The molecule has 2 rings (SSSR count). The van der Waals surface area contributed by atoms with Crippen molar-refractivity contribution in [1.82, 2.24) is 4.72 Å². The second kappa shape index (κ2) is 6.13. The summed E-state index contributed by atoms with van der Waals surface area (Å²) in [6.07, 6.45) is 0.868. The molecule has 1 aromatic rings. The number of benzene rings is 1. The van der Waals surface area contributed by atoms with Crippen LogP contribution in [0.5, 0.6) is 0 Å². The van der Waals surface area contributed by atoms with Crippen molar-refractivity contribution in [2.24, 2.45) is 0 Å². The Labute approximate surface area is 126 Å². The lowest BCUT2D eigenvalue weighted by molar-refractivity contribution is 0.0179. The number of hydrogen-bond donors (Lipinski definition) is 1. The van der Waals surface area contributed by atoms with Crippen molar-refractivity contribution in [3.63, 3.8) is 0 Å². The standard InChI is InChI=1S/C12H16BrNO3S2/c1-17-12(6-7-18-9-12)8-14-19(15,16)11-5-3-2-4-10(11)13/h2-5,14H,6-9H2,1H3/t12-/m0/s1. The number of thioether (sulfide) groups is 1. The van der Waals surface area contributed by atoms with Crippen molar-refractivity contribution in [1.29, 1.82) is 0 Å². The summed E-state index contributed by atoms with van der Waals surface area (Å²) < 4.78 is 33.2. The molecule has 0 bridgehead atoms. The van der Waals surface area contributed by atoms with Gasteiger partial charge in [0.25, 0.3) is 0 Å². The minimum atomic E-state index is -3.51. The van der Waals surface area contributed by atoms with Gasteiger partial charge in [-0.25, -0.2) is 13.1 Å². The van der Waals surface area contributed by atoms with Crippen molar-refractivity contribution in [3.05, 3.63) is 28.7 Å². The fourth-order valence-electron chi connectivity index (χ4n) is 1.93. The van der Waals surface area contributed by atoms with Gasteiger partial charge in [-0.3, -0.25) is 0 Å². The molecule has 0 saturated carbocycles. The zero-order valence-corrected chi connectivity index (χ0v) is 13.8. The molecule has 1 aliphatic rings. The fraction of sp³-hybridized carbons (Fsp3) is 0.500. The molecule has 1 saturated heterocycles. The first-order valence-corrected chi connectivity index (χ1v) is 9.29. The topological polar surface area (TPSA) is 55.4 Å². The van der Waals surface area contributed by atoms with Gasteiger partial charge in [0.05, 0.1) is 10.5 Å². The van der Waals surface area contributed by atoms with Crippen LogP contribution in [0.2, 0.25) is 0 Å². The molecule has 0 spiro atoms. The van der Waals surface area contributed by atoms with Crippen LogP contribution in [0.3, 0.4) is 0 Å². The number of sulfonamides is 1. The largest absolute Gasteiger partial charge is 0.376 e. The first-order chi connectivity index (χ1) is 8.99. The van der Waals surface area contributed by atoms with E-state index in [-0.39, 0.29) is 10.5 Å². The Bertz CT molecular complexity index is 542. The quantitative estimate of drug-likeness (QED) is 0.869. The Hall–Kier alpha value is -0.0800. The molecule has 1 N–H and O–H groups in total. The van der Waals surface area contributed by atoms with Gasteiger partial charge in [-0.1, -0.05) is 12.1 Å². The molecule has 0 unspecified atom stereocenters. The van der Waals surface area contributed by atoms with Crippen LogP contribution in [-0.2, 0) is 14.8 Å². The summed E-state index contributed by atoms with van der Waals surface area (Å²) in [5.74, 6) is 1.83. The highest BCUT2D eigenvalue weighted by Crippen LogP contribution is 2.31. The van der Waals surface area contributed by atoms with E-state index in [1.54, 1.807) is 43.1 Å². The second-order valence-corrected chi connectivity index (χ2v) is 8.14. The van der Waals surface area contributed by atoms with Crippen molar-refractivity contribution < 1.29 is 13.2 Å². The third-order valence-corrected chi connectivity index (χ3v) is 6.85. The molecule has 1 aliphatic heterocycles. The third kappa shape index (κ3) is 3.52. The van der Waals surface area contributed by atoms with E-state index in [2.05, 4.69) is 20.7 Å². The van der Waals surface area contributed by atoms with E-state index >= 15 is 0 Å². The summed E-state index contributed by atoms with van der Waals surface area (Å²) in [5.41, 5.74) is -0.376. The zero-order valence-electron chi connectivity index (χ0n) is 10.6. The van der Waals surface area contributed by atoms with E-state index in [4.69, 9.17) is 4.74 Å². The maximum atomic E-state index is 12.3. The lowest BCUT2D eigenvalue weighted by Crippen LogP contribution is -2.44. The number of methoxy groups -OCH3 is 1. The highest BCUT2D eigenvalue weighted by Gasteiger charge is 2.35. The molecule has 19 heavy (non-hydrogen) atoms. The number of ether oxygens (including phenoxy) is 1. The van der Waals surface area contributed by atoms with Gasteiger partial charge in [-0.05, 0) is 40.2 Å². The first kappa shape index (κ1) is 15.3. The molecule has 0 aromatic heterocycles. The molecule has 1 fully saturated rings. The van der Waals surface area contributed by atoms with Gasteiger partial charge in [0.1, 0.15) is 0 Å². The summed E-state index contributed by atoms with van der Waals surface area (Å²) in [6, 6.07) is 6.78. The summed E-state index contributed by atoms with van der Waals surface area (Å²) in [6.45, 7) is 0.306. The highest BCUT2D eigenvalue weighted by atomic mass is 79.9. The summed E-state index contributed by atoms with van der Waals surface area (Å²) in [4.78, 5) is 0.256. The van der Waals surface area contributed by atoms with Gasteiger partial charge in [0, 0.05) is 23.9 Å². The molecule has 0 radical (unpaired) electrons. The van der Waals surface area contributed by atoms with E-state index in [1.807, 2.05) is 0 Å². The average Bonchev–Trinajstić information content (AvgIpc) is 2.86. The number of halogens is 1. The Morgan fingerprint density at radius 3 is 2.79 bits per heavy atom. The molecule has 106 valence electrons. The number of nitrogens with one attached hydrogen (secondary N) is 1. The van der Waals surface area contributed by atoms with Crippen molar-refractivity contribution >= 4 is 37.7 Å². The van der Waals surface area contributed by atoms with Gasteiger partial charge in [0.15, 0.2) is 0 Å². The summed E-state index contributed by atoms with van der Waals surface area (Å²) in [5, 5.41) is 0. The lowest BCUT2D eigenvalue weighted by atomic mass is 10.0. The molecule has 7 heteroatoms. The maximum absolute atomic E-state index is 12.3. The Morgan fingerprint density at radius 1 is 1.47 bits per heavy atom. The molecule has 0 amide bonds. The van der Waals surface area contributed by atoms with E-state index in [0.717, 1.165) is 17.9 Å². The fourth-order valence-corrected chi connectivity index (χ4v) is 5.44. The average molecular weight is 366 g/mol. The second-order valence-electron chi connectivity index (χ2n) is 4.44. The number of rotatable bonds is 5. The third-order valence-electron chi connectivity index (χ3n) is 3.21. The van der Waals surface area contributed by atoms with Crippen LogP contribution in [0.15, 0.2) is 33.6 Å². The molecule has 0 aliphatic carbocycles. The molecular weight excluding hydrogens is 350 g/mol. The van der Waals surface area contributed by atoms with Crippen LogP contribution in [0.4, 0.5) is 0 Å². The Kier molecular flexibility index (Phi) is 4.94. The normalized spacial score (nSPS) is 23.7. The van der Waals surface area contributed by atoms with Crippen LogP contribution in [0.25, 0.3) is 0 Å². The summed E-state index contributed by atoms with van der Waals surface area (Å²) >= 11 is 5.05. The van der Waals surface area contributed by atoms with Crippen LogP contribution in [0.1, 0.15) is 6.42 Å². The predicted octanol–water partition coefficient (Wildman–Crippen LogP) is 2.25. The minimum absolute atomic E-state index is 0.256. The maximum Gasteiger partial charge on any atom is 0.241 e. The van der Waals surface area contributed by atoms with Crippen molar-refractivity contribution in [2.75, 3.05) is 25.2 Å². The van der Waals surface area contributed by atoms with Gasteiger partial charge < -0.3 is 4.74 Å². The van der Waals surface area contributed by atoms with Crippen molar-refractivity contribution in [2.45, 2.75) is 16.9 Å². The zero-order chi connectivity index (χ0) is 13.9. The van der Waals surface area contributed by atoms with Crippen LogP contribution >= 0.6 is 27.7 Å². The molecule has 1 aromatic carbocycles. The highest BCUT2D eigenvalue weighted by molar-refractivity contribution is 9.10. The SMILES string of the molecule is CO[C@]1(CNS(=O)(=O)c2ccccc2Br)CCSC1. The minimum Gasteiger partial charge on any atom is -0.376 e. The molecular formula is C12H16BrNO3S2. The van der Waals surface area contributed by atoms with Gasteiger partial charge in [-0.2, -0.15) is 11.8 Å². The van der Waals surface area contributed by atoms with E-state index in [9.17, 15) is 8.42 Å². The van der Waals surface area contributed by atoms with E-state index in [1.165, 1.54) is 0 Å². The van der Waals surface area contributed by atoms with Crippen LogP contribution in [-0.4, -0.2) is 39.2 Å². The molecule has 1 heterocycles. The van der Waals surface area contributed by atoms with E-state index in [0.29, 0.717) is 11.0 Å². The van der Waals surface area contributed by atoms with E-state index < -0.39 is 10.0 Å². The van der Waals surface area contributed by atoms with Gasteiger partial charge in [-0.15, -0.1) is 0 Å². The summed E-state index contributed by atoms with van der Waals surface area (Å²) in [7, 11) is -1.88. The van der Waals surface area contributed by atoms with Gasteiger partial charge in [0.2, 0.25) is 10.0 Å². The van der Waals surface area contributed by atoms with Crippen LogP contribution < -0.4 is 4.72 Å². The molecule has 1 atom stereocenters. The lowest BCUT2D eigenvalue weighted by Gasteiger charge is -2.26. The Morgan fingerprint density at radius 2 is 2.21 bits per heavy atom. The number of hydrogen-bond acceptors (Lipinski definition) is 4. The first-order valence-electron chi connectivity index (χ1n) is 5.86. The smallest absolute Gasteiger partial charge is 0.241 e. The monoisotopic (exact) mass is 365 g/mol. The van der Waals surface area contributed by atoms with Crippen LogP contribution in [0, 0.1) is 0 Å².